The van der Waals surface area contributed by atoms with Gasteiger partial charge < -0.3 is 24.3 Å². The van der Waals surface area contributed by atoms with Gasteiger partial charge in [-0.15, -0.1) is 0 Å². The highest BCUT2D eigenvalue weighted by atomic mass is 32.2. The van der Waals surface area contributed by atoms with Crippen LogP contribution in [0.15, 0.2) is 65.6 Å². The Kier molecular flexibility index (Phi) is 8.31. The van der Waals surface area contributed by atoms with E-state index in [0.717, 1.165) is 9.87 Å². The van der Waals surface area contributed by atoms with Crippen LogP contribution in [0, 0.1) is 0 Å². The van der Waals surface area contributed by atoms with Crippen molar-refractivity contribution in [1.29, 1.82) is 0 Å². The van der Waals surface area contributed by atoms with Crippen LogP contribution in [-0.2, 0) is 10.0 Å². The van der Waals surface area contributed by atoms with Crippen molar-refractivity contribution in [2.24, 2.45) is 0 Å². The Morgan fingerprint density at radius 2 is 1.42 bits per heavy atom. The number of nitrogens with one attached hydrogen (secondary N) is 1. The van der Waals surface area contributed by atoms with Crippen LogP contribution in [0.5, 0.6) is 23.0 Å². The van der Waals surface area contributed by atoms with Gasteiger partial charge in [-0.1, -0.05) is 0 Å². The van der Waals surface area contributed by atoms with Gasteiger partial charge in [0.15, 0.2) is 11.5 Å². The van der Waals surface area contributed by atoms with Gasteiger partial charge in [-0.3, -0.25) is 9.10 Å². The molecule has 1 N–H and O–H groups in total. The van der Waals surface area contributed by atoms with Gasteiger partial charge in [-0.2, -0.15) is 0 Å². The Hall–Kier alpha value is -3.92. The molecule has 0 saturated carbocycles. The molecule has 0 bridgehead atoms. The monoisotopic (exact) mass is 514 g/mol. The number of methoxy groups -OCH3 is 4. The first-order valence-electron chi connectivity index (χ1n) is 11.0. The van der Waals surface area contributed by atoms with Crippen molar-refractivity contribution in [3.63, 3.8) is 0 Å². The topological polar surface area (TPSA) is 103 Å². The maximum Gasteiger partial charge on any atom is 0.264 e. The normalized spacial score (nSPS) is 11.8. The largest absolute Gasteiger partial charge is 0.497 e. The number of hydrogen-bond donors (Lipinski definition) is 1. The maximum atomic E-state index is 13.2. The molecule has 0 aliphatic rings. The summed E-state index contributed by atoms with van der Waals surface area (Å²) < 4.78 is 48.6. The number of anilines is 1. The molecular formula is C26H30N2O7S. The van der Waals surface area contributed by atoms with E-state index in [1.807, 2.05) is 6.92 Å². The third-order valence-corrected chi connectivity index (χ3v) is 7.54. The van der Waals surface area contributed by atoms with Gasteiger partial charge in [0.1, 0.15) is 11.5 Å². The summed E-state index contributed by atoms with van der Waals surface area (Å²) in [6.45, 7) is 1.84. The quantitative estimate of drug-likeness (QED) is 0.436. The van der Waals surface area contributed by atoms with E-state index in [0.29, 0.717) is 34.2 Å². The Morgan fingerprint density at radius 3 is 2.00 bits per heavy atom. The van der Waals surface area contributed by atoms with Gasteiger partial charge >= 0.3 is 0 Å². The second-order valence-electron chi connectivity index (χ2n) is 7.84. The lowest BCUT2D eigenvalue weighted by Gasteiger charge is -2.21. The fourth-order valence-corrected chi connectivity index (χ4v) is 4.84. The predicted molar refractivity (Wildman–Crippen MR) is 137 cm³/mol. The molecule has 0 aliphatic carbocycles. The lowest BCUT2D eigenvalue weighted by molar-refractivity contribution is 0.0939. The van der Waals surface area contributed by atoms with Crippen molar-refractivity contribution >= 4 is 21.6 Å². The number of carbonyl (C=O) groups is 1. The molecule has 0 spiro atoms. The lowest BCUT2D eigenvalue weighted by Crippen LogP contribution is -2.28. The number of carbonyl (C=O) groups excluding carboxylic acids is 1. The minimum Gasteiger partial charge on any atom is -0.497 e. The molecule has 0 aromatic heterocycles. The summed E-state index contributed by atoms with van der Waals surface area (Å²) in [5, 5.41) is 2.93. The summed E-state index contributed by atoms with van der Waals surface area (Å²) in [6.07, 6.45) is 0. The zero-order valence-electron chi connectivity index (χ0n) is 21.1. The average molecular weight is 515 g/mol. The molecule has 0 fully saturated rings. The van der Waals surface area contributed by atoms with Crippen LogP contribution >= 0.6 is 0 Å². The van der Waals surface area contributed by atoms with Gasteiger partial charge in [0, 0.05) is 24.2 Å². The van der Waals surface area contributed by atoms with Crippen LogP contribution in [0.25, 0.3) is 0 Å². The Morgan fingerprint density at radius 1 is 0.806 bits per heavy atom. The highest BCUT2D eigenvalue weighted by molar-refractivity contribution is 7.92. The molecule has 10 heteroatoms. The summed E-state index contributed by atoms with van der Waals surface area (Å²) in [5.74, 6) is 1.69. The molecule has 0 aliphatic heterocycles. The highest BCUT2D eigenvalue weighted by Gasteiger charge is 2.24. The van der Waals surface area contributed by atoms with Crippen LogP contribution in [0.1, 0.15) is 28.9 Å². The Balaban J connectivity index is 1.78. The van der Waals surface area contributed by atoms with E-state index in [-0.39, 0.29) is 16.8 Å². The molecule has 9 nitrogen and oxygen atoms in total. The maximum absolute atomic E-state index is 13.2. The van der Waals surface area contributed by atoms with E-state index in [2.05, 4.69) is 5.32 Å². The standard InChI is InChI=1S/C26H30N2O7S/c1-17(22-15-20(32-3)11-13-23(22)33-4)27-26(29)18-7-9-19(10-8-18)28(2)36(30,31)21-12-14-24(34-5)25(16-21)35-6/h7-17H,1-6H3,(H,27,29)/t17-/m1/s1. The second kappa shape index (κ2) is 11.2. The van der Waals surface area contributed by atoms with Gasteiger partial charge in [0.2, 0.25) is 0 Å². The number of rotatable bonds is 10. The van der Waals surface area contributed by atoms with Crippen LogP contribution in [0.3, 0.4) is 0 Å². The number of sulfonamides is 1. The molecule has 192 valence electrons. The Bertz CT molecular complexity index is 1320. The number of amides is 1. The van der Waals surface area contributed by atoms with Crippen molar-refractivity contribution < 1.29 is 32.2 Å². The smallest absolute Gasteiger partial charge is 0.264 e. The van der Waals surface area contributed by atoms with Crippen LogP contribution in [-0.4, -0.2) is 49.8 Å². The summed E-state index contributed by atoms with van der Waals surface area (Å²) in [7, 11) is 3.60. The fourth-order valence-electron chi connectivity index (χ4n) is 3.63. The molecule has 0 radical (unpaired) electrons. The fraction of sp³-hybridized carbons (Fsp3) is 0.269. The van der Waals surface area contributed by atoms with E-state index >= 15 is 0 Å². The summed E-state index contributed by atoms with van der Waals surface area (Å²) in [4.78, 5) is 12.9. The first-order valence-corrected chi connectivity index (χ1v) is 12.4. The van der Waals surface area contributed by atoms with E-state index in [1.54, 1.807) is 56.7 Å². The van der Waals surface area contributed by atoms with Crippen molar-refractivity contribution in [3.05, 3.63) is 71.8 Å². The number of hydrogen-bond acceptors (Lipinski definition) is 7. The molecule has 1 amide bonds. The van der Waals surface area contributed by atoms with E-state index in [4.69, 9.17) is 18.9 Å². The summed E-state index contributed by atoms with van der Waals surface area (Å²) in [6, 6.07) is 15.7. The zero-order chi connectivity index (χ0) is 26.5. The van der Waals surface area contributed by atoms with Crippen LogP contribution < -0.4 is 28.6 Å². The third kappa shape index (κ3) is 5.49. The third-order valence-electron chi connectivity index (χ3n) is 5.76. The SMILES string of the molecule is COc1ccc(OC)c([C@@H](C)NC(=O)c2ccc(N(C)S(=O)(=O)c3ccc(OC)c(OC)c3)cc2)c1. The molecular weight excluding hydrogens is 484 g/mol. The summed E-state index contributed by atoms with van der Waals surface area (Å²) in [5.41, 5.74) is 1.54. The molecule has 0 unspecified atom stereocenters. The van der Waals surface area contributed by atoms with Gasteiger partial charge in [-0.05, 0) is 61.5 Å². The second-order valence-corrected chi connectivity index (χ2v) is 9.81. The molecule has 3 rings (SSSR count). The van der Waals surface area contributed by atoms with Gasteiger partial charge in [-0.25, -0.2) is 8.42 Å². The van der Waals surface area contributed by atoms with Gasteiger partial charge in [0.05, 0.1) is 45.1 Å². The van der Waals surface area contributed by atoms with Crippen molar-refractivity contribution in [2.45, 2.75) is 17.9 Å². The van der Waals surface area contributed by atoms with Crippen molar-refractivity contribution in [3.8, 4) is 23.0 Å². The average Bonchev–Trinajstić information content (AvgIpc) is 2.91. The van der Waals surface area contributed by atoms with Gasteiger partial charge in [0.25, 0.3) is 15.9 Å². The number of benzene rings is 3. The summed E-state index contributed by atoms with van der Waals surface area (Å²) >= 11 is 0. The Labute approximate surface area is 211 Å². The predicted octanol–water partition coefficient (Wildman–Crippen LogP) is 4.04. The van der Waals surface area contributed by atoms with Crippen LogP contribution in [0.2, 0.25) is 0 Å². The molecule has 3 aromatic rings. The molecule has 1 atom stereocenters. The van der Waals surface area contributed by atoms with E-state index in [1.165, 1.54) is 39.5 Å². The van der Waals surface area contributed by atoms with E-state index < -0.39 is 10.0 Å². The molecule has 3 aromatic carbocycles. The first-order chi connectivity index (χ1) is 17.2. The highest BCUT2D eigenvalue weighted by Crippen LogP contribution is 2.32. The molecule has 0 heterocycles. The number of ether oxygens (including phenoxy) is 4. The number of nitrogens with zero attached hydrogens (tertiary/aromatic N) is 1. The van der Waals surface area contributed by atoms with Crippen molar-refractivity contribution in [2.75, 3.05) is 39.8 Å². The lowest BCUT2D eigenvalue weighted by atomic mass is 10.1. The van der Waals surface area contributed by atoms with Crippen LogP contribution in [0.4, 0.5) is 5.69 Å². The minimum atomic E-state index is -3.88. The minimum absolute atomic E-state index is 0.0468. The molecule has 36 heavy (non-hydrogen) atoms. The van der Waals surface area contributed by atoms with Crippen molar-refractivity contribution in [1.82, 2.24) is 5.32 Å². The zero-order valence-corrected chi connectivity index (χ0v) is 21.9. The first kappa shape index (κ1) is 26.7. The molecule has 0 saturated heterocycles. The van der Waals surface area contributed by atoms with E-state index in [9.17, 15) is 13.2 Å².